The van der Waals surface area contributed by atoms with Crippen LogP contribution in [0.1, 0.15) is 50.6 Å². The van der Waals surface area contributed by atoms with Crippen LogP contribution >= 0.6 is 0 Å². The molecule has 0 radical (unpaired) electrons. The third-order valence-corrected chi connectivity index (χ3v) is 6.34. The fourth-order valence-corrected chi connectivity index (χ4v) is 4.32. The van der Waals surface area contributed by atoms with Gasteiger partial charge < -0.3 is 24.4 Å². The quantitative estimate of drug-likeness (QED) is 0.154. The van der Waals surface area contributed by atoms with Crippen molar-refractivity contribution in [3.8, 4) is 0 Å². The highest BCUT2D eigenvalue weighted by Crippen LogP contribution is 2.19. The number of hydrogen-bond donors (Lipinski definition) is 1. The number of imidazole rings is 1. The van der Waals surface area contributed by atoms with Crippen LogP contribution in [0.25, 0.3) is 11.0 Å². The molecule has 4 rings (SSSR count). The molecule has 2 amide bonds. The van der Waals surface area contributed by atoms with E-state index in [-0.39, 0.29) is 19.8 Å². The number of nitrogens with zero attached hydrogens (tertiary/aromatic N) is 3. The minimum atomic E-state index is -0.591. The summed E-state index contributed by atoms with van der Waals surface area (Å²) >= 11 is 0. The first-order valence-electron chi connectivity index (χ1n) is 14.3. The Morgan fingerprint density at radius 1 is 0.814 bits per heavy atom. The maximum Gasteiger partial charge on any atom is 0.420 e. The van der Waals surface area contributed by atoms with Gasteiger partial charge in [0, 0.05) is 13.1 Å². The second-order valence-corrected chi connectivity index (χ2v) is 11.0. The second-order valence-electron chi connectivity index (χ2n) is 11.0. The van der Waals surface area contributed by atoms with Gasteiger partial charge in [0.05, 0.1) is 17.6 Å². The summed E-state index contributed by atoms with van der Waals surface area (Å²) in [6.07, 6.45) is -0.465. The molecule has 0 saturated heterocycles. The lowest BCUT2D eigenvalue weighted by Gasteiger charge is -2.22. The number of ether oxygens (including phenoxy) is 3. The van der Waals surface area contributed by atoms with Crippen molar-refractivity contribution in [3.05, 3.63) is 102 Å². The minimum Gasteiger partial charge on any atom is -0.445 e. The third kappa shape index (κ3) is 9.59. The van der Waals surface area contributed by atoms with Crippen molar-refractivity contribution < 1.29 is 28.6 Å². The van der Waals surface area contributed by atoms with Crippen LogP contribution in [0.2, 0.25) is 0 Å². The molecule has 0 aliphatic rings. The number of para-hydroxylation sites is 2. The zero-order chi connectivity index (χ0) is 30.7. The van der Waals surface area contributed by atoms with Crippen LogP contribution < -0.4 is 5.32 Å². The maximum atomic E-state index is 13.4. The van der Waals surface area contributed by atoms with Crippen LogP contribution in [0.15, 0.2) is 84.9 Å². The largest absolute Gasteiger partial charge is 0.445 e. The molecule has 0 fully saturated rings. The zero-order valence-corrected chi connectivity index (χ0v) is 24.8. The maximum absolute atomic E-state index is 13.4. The SMILES string of the molecule is CC(C)(C)OC(=O)NCCCCN(Cc1nc2ccccc2n1C(=O)OCc1ccccc1)C(=O)OCc1ccccc1. The highest BCUT2D eigenvalue weighted by atomic mass is 16.6. The van der Waals surface area contributed by atoms with E-state index in [1.165, 1.54) is 9.47 Å². The Kier molecular flexibility index (Phi) is 10.7. The summed E-state index contributed by atoms with van der Waals surface area (Å²) in [6.45, 7) is 6.31. The lowest BCUT2D eigenvalue weighted by Crippen LogP contribution is -2.35. The number of carbonyl (C=O) groups is 3. The Bertz CT molecular complexity index is 1500. The monoisotopic (exact) mass is 586 g/mol. The molecule has 0 bridgehead atoms. The van der Waals surface area contributed by atoms with Gasteiger partial charge in [-0.2, -0.15) is 0 Å². The molecule has 0 atom stereocenters. The van der Waals surface area contributed by atoms with E-state index in [4.69, 9.17) is 14.2 Å². The van der Waals surface area contributed by atoms with E-state index in [0.29, 0.717) is 42.8 Å². The normalized spacial score (nSPS) is 11.1. The number of carbonyl (C=O) groups excluding carboxylic acids is 3. The van der Waals surface area contributed by atoms with Crippen molar-refractivity contribution in [3.63, 3.8) is 0 Å². The average molecular weight is 587 g/mol. The van der Waals surface area contributed by atoms with Crippen LogP contribution in [0.3, 0.4) is 0 Å². The van der Waals surface area contributed by atoms with Crippen molar-refractivity contribution in [2.75, 3.05) is 13.1 Å². The molecule has 1 aromatic heterocycles. The van der Waals surface area contributed by atoms with Crippen molar-refractivity contribution in [1.29, 1.82) is 0 Å². The number of alkyl carbamates (subject to hydrolysis) is 1. The van der Waals surface area contributed by atoms with E-state index in [9.17, 15) is 14.4 Å². The Morgan fingerprint density at radius 2 is 1.42 bits per heavy atom. The van der Waals surface area contributed by atoms with Gasteiger partial charge in [-0.1, -0.05) is 72.8 Å². The molecule has 0 saturated carbocycles. The van der Waals surface area contributed by atoms with Crippen LogP contribution in [0.5, 0.6) is 0 Å². The molecule has 0 spiro atoms. The molecule has 0 unspecified atom stereocenters. The number of benzene rings is 3. The van der Waals surface area contributed by atoms with Crippen molar-refractivity contribution in [2.45, 2.75) is 59.0 Å². The third-order valence-electron chi connectivity index (χ3n) is 6.34. The molecule has 10 nitrogen and oxygen atoms in total. The highest BCUT2D eigenvalue weighted by Gasteiger charge is 2.24. The molecule has 10 heteroatoms. The van der Waals surface area contributed by atoms with Crippen molar-refractivity contribution in [1.82, 2.24) is 19.8 Å². The summed E-state index contributed by atoms with van der Waals surface area (Å²) < 4.78 is 18.0. The van der Waals surface area contributed by atoms with Crippen molar-refractivity contribution >= 4 is 29.3 Å². The van der Waals surface area contributed by atoms with E-state index >= 15 is 0 Å². The molecule has 0 aliphatic carbocycles. The van der Waals surface area contributed by atoms with Gasteiger partial charge >= 0.3 is 18.3 Å². The molecule has 1 N–H and O–H groups in total. The number of aromatic nitrogens is 2. The fourth-order valence-electron chi connectivity index (χ4n) is 4.32. The van der Waals surface area contributed by atoms with Gasteiger partial charge in [-0.25, -0.2) is 23.9 Å². The number of fused-ring (bicyclic) bond motifs is 1. The van der Waals surface area contributed by atoms with Gasteiger partial charge in [-0.05, 0) is 56.9 Å². The summed E-state index contributed by atoms with van der Waals surface area (Å²) in [5.41, 5.74) is 2.31. The van der Waals surface area contributed by atoms with E-state index in [1.54, 1.807) is 32.9 Å². The van der Waals surface area contributed by atoms with E-state index in [1.807, 2.05) is 72.8 Å². The van der Waals surface area contributed by atoms with E-state index in [2.05, 4.69) is 10.3 Å². The molecule has 1 heterocycles. The van der Waals surface area contributed by atoms with E-state index in [0.717, 1.165) is 11.1 Å². The predicted octanol–water partition coefficient (Wildman–Crippen LogP) is 6.66. The molecule has 43 heavy (non-hydrogen) atoms. The Labute approximate surface area is 251 Å². The zero-order valence-electron chi connectivity index (χ0n) is 24.8. The van der Waals surface area contributed by atoms with Gasteiger partial charge in [-0.3, -0.25) is 0 Å². The Balaban J connectivity index is 1.48. The molecular weight excluding hydrogens is 548 g/mol. The van der Waals surface area contributed by atoms with Crippen LogP contribution in [0, 0.1) is 0 Å². The van der Waals surface area contributed by atoms with Gasteiger partial charge in [0.2, 0.25) is 0 Å². The molecular formula is C33H38N4O6. The average Bonchev–Trinajstić information content (AvgIpc) is 3.36. The number of unbranched alkanes of at least 4 members (excludes halogenated alkanes) is 1. The van der Waals surface area contributed by atoms with Crippen LogP contribution in [-0.4, -0.2) is 51.4 Å². The first-order valence-corrected chi connectivity index (χ1v) is 14.3. The topological polar surface area (TPSA) is 112 Å². The summed E-state index contributed by atoms with van der Waals surface area (Å²) in [5.74, 6) is 0.350. The Morgan fingerprint density at radius 3 is 2.07 bits per heavy atom. The van der Waals surface area contributed by atoms with Gasteiger partial charge in [0.15, 0.2) is 0 Å². The molecule has 0 aliphatic heterocycles. The molecule has 3 aromatic carbocycles. The summed E-state index contributed by atoms with van der Waals surface area (Å²) in [7, 11) is 0. The fraction of sp³-hybridized carbons (Fsp3) is 0.333. The van der Waals surface area contributed by atoms with Gasteiger partial charge in [0.25, 0.3) is 0 Å². The van der Waals surface area contributed by atoms with Gasteiger partial charge in [0.1, 0.15) is 24.6 Å². The number of hydrogen-bond acceptors (Lipinski definition) is 7. The number of amides is 2. The standard InChI is InChI=1S/C33H38N4O6/c1-33(2,3)43-30(38)34-20-12-13-21-36(31(39)41-23-25-14-6-4-7-15-25)22-29-35-27-18-10-11-19-28(27)37(29)32(40)42-24-26-16-8-5-9-17-26/h4-11,14-19H,12-13,20-24H2,1-3H3,(H,34,38). The van der Waals surface area contributed by atoms with E-state index < -0.39 is 23.9 Å². The van der Waals surface area contributed by atoms with Crippen molar-refractivity contribution in [2.24, 2.45) is 0 Å². The Hall–Kier alpha value is -4.86. The molecule has 226 valence electrons. The first kappa shape index (κ1) is 31.1. The first-order chi connectivity index (χ1) is 20.7. The molecule has 4 aromatic rings. The second kappa shape index (κ2) is 14.9. The van der Waals surface area contributed by atoms with Crippen LogP contribution in [-0.2, 0) is 34.0 Å². The number of nitrogens with one attached hydrogen (secondary N) is 1. The smallest absolute Gasteiger partial charge is 0.420 e. The highest BCUT2D eigenvalue weighted by molar-refractivity contribution is 5.87. The number of rotatable bonds is 11. The lowest BCUT2D eigenvalue weighted by atomic mass is 10.2. The summed E-state index contributed by atoms with van der Waals surface area (Å²) in [5, 5.41) is 2.73. The van der Waals surface area contributed by atoms with Gasteiger partial charge in [-0.15, -0.1) is 0 Å². The van der Waals surface area contributed by atoms with Crippen LogP contribution in [0.4, 0.5) is 14.4 Å². The summed E-state index contributed by atoms with van der Waals surface area (Å²) in [4.78, 5) is 44.8. The lowest BCUT2D eigenvalue weighted by molar-refractivity contribution is 0.0525. The predicted molar refractivity (Wildman–Crippen MR) is 162 cm³/mol. The minimum absolute atomic E-state index is 0.0161. The summed E-state index contributed by atoms with van der Waals surface area (Å²) in [6, 6.07) is 26.1.